The van der Waals surface area contributed by atoms with Crippen LogP contribution in [0.1, 0.15) is 52.1 Å². The quantitative estimate of drug-likeness (QED) is 0.742. The molecule has 4 rings (SSSR count). The summed E-state index contributed by atoms with van der Waals surface area (Å²) in [5.41, 5.74) is 2.39. The Balaban J connectivity index is 1.42. The number of benzene rings is 1. The fourth-order valence-electron chi connectivity index (χ4n) is 4.34. The molecule has 31 heavy (non-hydrogen) atoms. The molecule has 2 aromatic rings. The normalized spacial score (nSPS) is 18.3. The minimum absolute atomic E-state index is 0.198. The Bertz CT molecular complexity index is 926. The number of hydrogen-bond acceptors (Lipinski definition) is 5. The van der Waals surface area contributed by atoms with Crippen LogP contribution in [0.2, 0.25) is 0 Å². The molecule has 0 bridgehead atoms. The average Bonchev–Trinajstić information content (AvgIpc) is 3.39. The van der Waals surface area contributed by atoms with E-state index in [1.807, 2.05) is 12.1 Å². The van der Waals surface area contributed by atoms with Gasteiger partial charge in [0, 0.05) is 57.6 Å². The van der Waals surface area contributed by atoms with Gasteiger partial charge in [-0.2, -0.15) is 5.10 Å². The largest absolute Gasteiger partial charge is 0.348 e. The Morgan fingerprint density at radius 1 is 1.06 bits per heavy atom. The van der Waals surface area contributed by atoms with Gasteiger partial charge in [0.1, 0.15) is 0 Å². The van der Waals surface area contributed by atoms with E-state index in [4.69, 9.17) is 0 Å². The van der Waals surface area contributed by atoms with E-state index >= 15 is 0 Å². The molecule has 0 spiro atoms. The second kappa shape index (κ2) is 9.62. The van der Waals surface area contributed by atoms with Crippen molar-refractivity contribution in [1.29, 1.82) is 0 Å². The number of likely N-dealkylation sites (N-methyl/N-ethyl adjacent to an activating group) is 1. The minimum Gasteiger partial charge on any atom is -0.348 e. The molecule has 2 amide bonds. The van der Waals surface area contributed by atoms with Crippen molar-refractivity contribution in [3.05, 3.63) is 47.3 Å². The number of carbonyl (C=O) groups excluding carboxylic acids is 2. The van der Waals surface area contributed by atoms with Crippen LogP contribution in [0.15, 0.2) is 30.5 Å². The predicted octanol–water partition coefficient (Wildman–Crippen LogP) is 2.09. The third kappa shape index (κ3) is 5.51. The second-order valence-corrected chi connectivity index (χ2v) is 8.75. The van der Waals surface area contributed by atoms with Crippen molar-refractivity contribution in [2.45, 2.75) is 38.3 Å². The van der Waals surface area contributed by atoms with Crippen LogP contribution in [0.5, 0.6) is 0 Å². The van der Waals surface area contributed by atoms with Crippen LogP contribution in [-0.4, -0.2) is 70.7 Å². The summed E-state index contributed by atoms with van der Waals surface area (Å²) in [6.45, 7) is 5.01. The number of amides is 2. The number of piperazine rings is 1. The molecule has 1 aromatic heterocycles. The lowest BCUT2D eigenvalue weighted by molar-refractivity contribution is 0.0933. The van der Waals surface area contributed by atoms with E-state index in [0.717, 1.165) is 64.0 Å². The summed E-state index contributed by atoms with van der Waals surface area (Å²) in [6.07, 6.45) is 5.96. The van der Waals surface area contributed by atoms with Crippen LogP contribution >= 0.6 is 0 Å². The lowest BCUT2D eigenvalue weighted by atomic mass is 10.1. The first-order chi connectivity index (χ1) is 15.0. The fourth-order valence-corrected chi connectivity index (χ4v) is 4.34. The molecule has 166 valence electrons. The van der Waals surface area contributed by atoms with Gasteiger partial charge in [-0.1, -0.05) is 25.0 Å². The van der Waals surface area contributed by atoms with Gasteiger partial charge in [0.05, 0.1) is 5.69 Å². The zero-order chi connectivity index (χ0) is 21.8. The first-order valence-electron chi connectivity index (χ1n) is 11.1. The minimum atomic E-state index is -0.233. The van der Waals surface area contributed by atoms with Gasteiger partial charge in [0.2, 0.25) is 0 Å². The van der Waals surface area contributed by atoms with Crippen LogP contribution in [0, 0.1) is 0 Å². The van der Waals surface area contributed by atoms with E-state index in [1.165, 1.54) is 0 Å². The number of carbonyl (C=O) groups is 2. The van der Waals surface area contributed by atoms with Crippen LogP contribution in [0.25, 0.3) is 0 Å². The molecule has 1 aliphatic carbocycles. The number of nitrogens with zero attached hydrogens (tertiary/aromatic N) is 4. The van der Waals surface area contributed by atoms with Crippen LogP contribution in [0.3, 0.4) is 0 Å². The maximum Gasteiger partial charge on any atom is 0.274 e. The van der Waals surface area contributed by atoms with Crippen LogP contribution in [-0.2, 0) is 13.6 Å². The summed E-state index contributed by atoms with van der Waals surface area (Å²) in [4.78, 5) is 30.4. The van der Waals surface area contributed by atoms with Crippen molar-refractivity contribution in [2.75, 3.05) is 38.5 Å². The smallest absolute Gasteiger partial charge is 0.274 e. The molecule has 2 heterocycles. The lowest BCUT2D eigenvalue weighted by Gasteiger charge is -2.32. The zero-order valence-electron chi connectivity index (χ0n) is 18.4. The zero-order valence-corrected chi connectivity index (χ0v) is 18.4. The van der Waals surface area contributed by atoms with E-state index in [0.29, 0.717) is 11.3 Å². The third-order valence-electron chi connectivity index (χ3n) is 6.17. The number of rotatable bonds is 6. The molecule has 1 saturated heterocycles. The molecule has 1 saturated carbocycles. The van der Waals surface area contributed by atoms with Gasteiger partial charge in [-0.25, -0.2) is 0 Å². The van der Waals surface area contributed by atoms with E-state index in [9.17, 15) is 9.59 Å². The number of nitrogens with one attached hydrogen (secondary N) is 2. The number of hydrogen-bond donors (Lipinski definition) is 2. The van der Waals surface area contributed by atoms with Crippen LogP contribution in [0.4, 0.5) is 5.69 Å². The molecule has 2 aliphatic rings. The van der Waals surface area contributed by atoms with Crippen molar-refractivity contribution in [1.82, 2.24) is 24.9 Å². The Morgan fingerprint density at radius 3 is 2.55 bits per heavy atom. The highest BCUT2D eigenvalue weighted by atomic mass is 16.2. The van der Waals surface area contributed by atoms with E-state index in [-0.39, 0.29) is 23.6 Å². The summed E-state index contributed by atoms with van der Waals surface area (Å²) in [7, 11) is 3.89. The van der Waals surface area contributed by atoms with Crippen molar-refractivity contribution in [2.24, 2.45) is 7.05 Å². The summed E-state index contributed by atoms with van der Waals surface area (Å²) >= 11 is 0. The topological polar surface area (TPSA) is 82.5 Å². The first-order valence-corrected chi connectivity index (χ1v) is 11.1. The van der Waals surface area contributed by atoms with Crippen molar-refractivity contribution in [3.63, 3.8) is 0 Å². The average molecular weight is 425 g/mol. The molecule has 0 atom stereocenters. The van der Waals surface area contributed by atoms with Gasteiger partial charge < -0.3 is 15.5 Å². The number of aryl methyl sites for hydroxylation is 1. The van der Waals surface area contributed by atoms with E-state index < -0.39 is 0 Å². The molecule has 1 aliphatic heterocycles. The summed E-state index contributed by atoms with van der Waals surface area (Å²) in [5, 5.41) is 10.2. The van der Waals surface area contributed by atoms with Crippen molar-refractivity contribution < 1.29 is 9.59 Å². The Labute approximate surface area is 183 Å². The van der Waals surface area contributed by atoms with E-state index in [1.54, 1.807) is 24.0 Å². The van der Waals surface area contributed by atoms with Crippen molar-refractivity contribution in [3.8, 4) is 0 Å². The van der Waals surface area contributed by atoms with Gasteiger partial charge >= 0.3 is 0 Å². The molecule has 0 radical (unpaired) electrons. The first kappa shape index (κ1) is 21.5. The Hall–Kier alpha value is -2.71. The summed E-state index contributed by atoms with van der Waals surface area (Å²) in [6, 6.07) is 7.90. The van der Waals surface area contributed by atoms with Gasteiger partial charge in [0.25, 0.3) is 11.8 Å². The van der Waals surface area contributed by atoms with Gasteiger partial charge in [-0.3, -0.25) is 19.2 Å². The highest BCUT2D eigenvalue weighted by Crippen LogP contribution is 2.20. The predicted molar refractivity (Wildman–Crippen MR) is 120 cm³/mol. The Kier molecular flexibility index (Phi) is 6.67. The maximum absolute atomic E-state index is 12.9. The molecule has 2 fully saturated rings. The fraction of sp³-hybridized carbons (Fsp3) is 0.522. The SMILES string of the molecule is CN1CCN(Cc2cccc(C(=O)Nc3cn(C)nc3C(=O)NC3CCCC3)c2)CC1. The van der Waals surface area contributed by atoms with Gasteiger partial charge in [-0.05, 0) is 37.6 Å². The number of anilines is 1. The van der Waals surface area contributed by atoms with Gasteiger partial charge in [0.15, 0.2) is 5.69 Å². The van der Waals surface area contributed by atoms with E-state index in [2.05, 4.69) is 38.6 Å². The standard InChI is InChI=1S/C23H32N6O2/c1-27-10-12-29(13-11-27)15-17-6-5-7-18(14-17)22(30)25-20-16-28(2)26-21(20)23(31)24-19-8-3-4-9-19/h5-7,14,16,19H,3-4,8-13,15H2,1-2H3,(H,24,31)(H,25,30). The number of aromatic nitrogens is 2. The highest BCUT2D eigenvalue weighted by molar-refractivity contribution is 6.08. The monoisotopic (exact) mass is 424 g/mol. The Morgan fingerprint density at radius 2 is 1.81 bits per heavy atom. The maximum atomic E-state index is 12.9. The molecular weight excluding hydrogens is 392 g/mol. The summed E-state index contributed by atoms with van der Waals surface area (Å²) in [5.74, 6) is -0.463. The lowest BCUT2D eigenvalue weighted by Crippen LogP contribution is -2.43. The molecule has 1 aromatic carbocycles. The van der Waals surface area contributed by atoms with Crippen molar-refractivity contribution >= 4 is 17.5 Å². The van der Waals surface area contributed by atoms with Gasteiger partial charge in [-0.15, -0.1) is 0 Å². The molecule has 8 nitrogen and oxygen atoms in total. The summed E-state index contributed by atoms with van der Waals surface area (Å²) < 4.78 is 1.56. The second-order valence-electron chi connectivity index (χ2n) is 8.75. The third-order valence-corrected chi connectivity index (χ3v) is 6.17. The molecular formula is C23H32N6O2. The molecule has 2 N–H and O–H groups in total. The molecule has 8 heteroatoms. The highest BCUT2D eigenvalue weighted by Gasteiger charge is 2.23. The van der Waals surface area contributed by atoms with Crippen LogP contribution < -0.4 is 10.6 Å². The molecule has 0 unspecified atom stereocenters.